The summed E-state index contributed by atoms with van der Waals surface area (Å²) in [5, 5.41) is 0.113. The van der Waals surface area contributed by atoms with Crippen LogP contribution in [0.2, 0.25) is 0 Å². The van der Waals surface area contributed by atoms with Crippen molar-refractivity contribution >= 4 is 11.6 Å². The summed E-state index contributed by atoms with van der Waals surface area (Å²) in [6.07, 6.45) is 2.22. The van der Waals surface area contributed by atoms with Crippen LogP contribution < -0.4 is 4.74 Å². The molecule has 1 nitrogen and oxygen atoms in total. The zero-order valence-corrected chi connectivity index (χ0v) is 12.6. The summed E-state index contributed by atoms with van der Waals surface area (Å²) in [5.74, 6) is 1.70. The molecule has 0 N–H and O–H groups in total. The van der Waals surface area contributed by atoms with Crippen molar-refractivity contribution in [3.05, 3.63) is 29.3 Å². The van der Waals surface area contributed by atoms with Gasteiger partial charge in [0.2, 0.25) is 0 Å². The van der Waals surface area contributed by atoms with Gasteiger partial charge in [0, 0.05) is 11.0 Å². The van der Waals surface area contributed by atoms with Gasteiger partial charge in [-0.1, -0.05) is 40.2 Å². The van der Waals surface area contributed by atoms with E-state index in [4.69, 9.17) is 16.3 Å². The van der Waals surface area contributed by atoms with Crippen LogP contribution in [0, 0.1) is 5.92 Å². The molecule has 1 aliphatic heterocycles. The summed E-state index contributed by atoms with van der Waals surface area (Å²) in [7, 11) is 0. The number of benzene rings is 1. The maximum absolute atomic E-state index is 6.53. The van der Waals surface area contributed by atoms with Crippen molar-refractivity contribution in [3.63, 3.8) is 0 Å². The van der Waals surface area contributed by atoms with E-state index in [1.165, 1.54) is 17.5 Å². The summed E-state index contributed by atoms with van der Waals surface area (Å²) < 4.78 is 5.71. The summed E-state index contributed by atoms with van der Waals surface area (Å²) >= 11 is 6.53. The first kappa shape index (κ1) is 13.7. The molecule has 2 unspecified atom stereocenters. The Balaban J connectivity index is 2.21. The van der Waals surface area contributed by atoms with Gasteiger partial charge in [0.05, 0.1) is 12.0 Å². The van der Waals surface area contributed by atoms with Crippen LogP contribution in [0.4, 0.5) is 0 Å². The summed E-state index contributed by atoms with van der Waals surface area (Å²) in [6.45, 7) is 9.69. The van der Waals surface area contributed by atoms with Gasteiger partial charge in [-0.05, 0) is 30.0 Å². The number of fused-ring (bicyclic) bond motifs is 1. The molecular weight excluding hydrogens is 244 g/mol. The molecule has 0 saturated carbocycles. The third-order valence-corrected chi connectivity index (χ3v) is 4.42. The Kier molecular flexibility index (Phi) is 3.91. The number of alkyl halides is 1. The molecule has 0 aromatic heterocycles. The minimum atomic E-state index is 0.109. The molecular formula is C16H23ClO. The molecule has 0 fully saturated rings. The van der Waals surface area contributed by atoms with Gasteiger partial charge in [0.25, 0.3) is 0 Å². The standard InChI is InChI=1S/C16H23ClO/c1-5-11(2)8-14(17)12-6-7-15-13(9-12)16(3,4)10-18-15/h6-7,9,11,14H,5,8,10H2,1-4H3. The van der Waals surface area contributed by atoms with Crippen molar-refractivity contribution in [1.29, 1.82) is 0 Å². The second-order valence-electron chi connectivity index (χ2n) is 6.14. The van der Waals surface area contributed by atoms with Crippen molar-refractivity contribution in [2.75, 3.05) is 6.61 Å². The predicted molar refractivity (Wildman–Crippen MR) is 77.6 cm³/mol. The second-order valence-corrected chi connectivity index (χ2v) is 6.67. The van der Waals surface area contributed by atoms with Crippen LogP contribution in [0.3, 0.4) is 0 Å². The van der Waals surface area contributed by atoms with E-state index in [0.29, 0.717) is 5.92 Å². The van der Waals surface area contributed by atoms with Crippen LogP contribution in [-0.2, 0) is 5.41 Å². The third-order valence-electron chi connectivity index (χ3n) is 3.99. The molecule has 1 aliphatic rings. The fourth-order valence-electron chi connectivity index (χ4n) is 2.39. The molecule has 0 bridgehead atoms. The van der Waals surface area contributed by atoms with Crippen molar-refractivity contribution in [1.82, 2.24) is 0 Å². The van der Waals surface area contributed by atoms with E-state index in [-0.39, 0.29) is 10.8 Å². The molecule has 0 aliphatic carbocycles. The van der Waals surface area contributed by atoms with E-state index in [1.54, 1.807) is 0 Å². The molecule has 2 rings (SSSR count). The van der Waals surface area contributed by atoms with E-state index >= 15 is 0 Å². The monoisotopic (exact) mass is 266 g/mol. The molecule has 2 heteroatoms. The Labute approximate surface area is 115 Å². The van der Waals surface area contributed by atoms with Gasteiger partial charge in [-0.3, -0.25) is 0 Å². The van der Waals surface area contributed by atoms with Gasteiger partial charge in [-0.2, -0.15) is 0 Å². The summed E-state index contributed by atoms with van der Waals surface area (Å²) in [6, 6.07) is 6.42. The van der Waals surface area contributed by atoms with E-state index in [2.05, 4.69) is 45.9 Å². The Morgan fingerprint density at radius 2 is 2.11 bits per heavy atom. The average molecular weight is 267 g/mol. The predicted octanol–water partition coefficient (Wildman–Crippen LogP) is 5.07. The largest absolute Gasteiger partial charge is 0.492 e. The fraction of sp³-hybridized carbons (Fsp3) is 0.625. The molecule has 1 heterocycles. The normalized spacial score (nSPS) is 20.1. The van der Waals surface area contributed by atoms with E-state index < -0.39 is 0 Å². The van der Waals surface area contributed by atoms with Crippen LogP contribution in [0.1, 0.15) is 57.0 Å². The van der Waals surface area contributed by atoms with E-state index in [1.807, 2.05) is 0 Å². The van der Waals surface area contributed by atoms with Crippen molar-refractivity contribution in [2.24, 2.45) is 5.92 Å². The molecule has 0 spiro atoms. The molecule has 0 radical (unpaired) electrons. The molecule has 1 aromatic rings. The first-order chi connectivity index (χ1) is 8.44. The number of halogens is 1. The first-order valence-corrected chi connectivity index (χ1v) is 7.29. The highest BCUT2D eigenvalue weighted by molar-refractivity contribution is 6.20. The molecule has 0 amide bonds. The molecule has 2 atom stereocenters. The third kappa shape index (κ3) is 2.66. The highest BCUT2D eigenvalue weighted by Crippen LogP contribution is 2.41. The first-order valence-electron chi connectivity index (χ1n) is 6.85. The average Bonchev–Trinajstić information content (AvgIpc) is 2.65. The van der Waals surface area contributed by atoms with Crippen LogP contribution in [0.25, 0.3) is 0 Å². The fourth-order valence-corrected chi connectivity index (χ4v) is 2.83. The number of hydrogen-bond acceptors (Lipinski definition) is 1. The zero-order valence-electron chi connectivity index (χ0n) is 11.8. The van der Waals surface area contributed by atoms with Gasteiger partial charge < -0.3 is 4.74 Å². The quantitative estimate of drug-likeness (QED) is 0.691. The Bertz CT molecular complexity index is 425. The molecule has 0 saturated heterocycles. The van der Waals surface area contributed by atoms with E-state index in [0.717, 1.165) is 18.8 Å². The SMILES string of the molecule is CCC(C)CC(Cl)c1ccc2c(c1)C(C)(C)CO2. The number of ether oxygens (including phenoxy) is 1. The minimum Gasteiger partial charge on any atom is -0.492 e. The summed E-state index contributed by atoms with van der Waals surface area (Å²) in [5.41, 5.74) is 2.64. The highest BCUT2D eigenvalue weighted by Gasteiger charge is 2.32. The highest BCUT2D eigenvalue weighted by atomic mass is 35.5. The van der Waals surface area contributed by atoms with Gasteiger partial charge in [-0.25, -0.2) is 0 Å². The van der Waals surface area contributed by atoms with Gasteiger partial charge in [-0.15, -0.1) is 11.6 Å². The lowest BCUT2D eigenvalue weighted by atomic mass is 9.85. The van der Waals surface area contributed by atoms with Crippen molar-refractivity contribution < 1.29 is 4.74 Å². The zero-order chi connectivity index (χ0) is 13.3. The van der Waals surface area contributed by atoms with Crippen molar-refractivity contribution in [2.45, 2.75) is 51.3 Å². The number of hydrogen-bond donors (Lipinski definition) is 0. The lowest BCUT2D eigenvalue weighted by Gasteiger charge is -2.18. The Morgan fingerprint density at radius 1 is 1.39 bits per heavy atom. The topological polar surface area (TPSA) is 9.23 Å². The van der Waals surface area contributed by atoms with Crippen LogP contribution in [0.5, 0.6) is 5.75 Å². The van der Waals surface area contributed by atoms with Crippen molar-refractivity contribution in [3.8, 4) is 5.75 Å². The maximum Gasteiger partial charge on any atom is 0.123 e. The molecule has 100 valence electrons. The maximum atomic E-state index is 6.53. The lowest BCUT2D eigenvalue weighted by molar-refractivity contribution is 0.291. The summed E-state index contributed by atoms with van der Waals surface area (Å²) in [4.78, 5) is 0. The van der Waals surface area contributed by atoms with Gasteiger partial charge >= 0.3 is 0 Å². The van der Waals surface area contributed by atoms with Crippen LogP contribution >= 0.6 is 11.6 Å². The lowest BCUT2D eigenvalue weighted by Crippen LogP contribution is -2.18. The molecule has 18 heavy (non-hydrogen) atoms. The number of rotatable bonds is 4. The second kappa shape index (κ2) is 5.13. The molecule has 1 aromatic carbocycles. The van der Waals surface area contributed by atoms with Crippen LogP contribution in [0.15, 0.2) is 18.2 Å². The Hall–Kier alpha value is -0.690. The van der Waals surface area contributed by atoms with Crippen LogP contribution in [-0.4, -0.2) is 6.61 Å². The smallest absolute Gasteiger partial charge is 0.123 e. The van der Waals surface area contributed by atoms with Gasteiger partial charge in [0.1, 0.15) is 5.75 Å². The minimum absolute atomic E-state index is 0.109. The van der Waals surface area contributed by atoms with Gasteiger partial charge in [0.15, 0.2) is 0 Å². The van der Waals surface area contributed by atoms with E-state index in [9.17, 15) is 0 Å². The Morgan fingerprint density at radius 3 is 2.78 bits per heavy atom.